The Kier molecular flexibility index (Phi) is 2.02. The average Bonchev–Trinajstić information content (AvgIpc) is 2.98. The predicted molar refractivity (Wildman–Crippen MR) is 64.4 cm³/mol. The number of hydrogen-bond donors (Lipinski definition) is 3. The van der Waals surface area contributed by atoms with Crippen molar-refractivity contribution in [1.29, 1.82) is 0 Å². The van der Waals surface area contributed by atoms with Gasteiger partial charge >= 0.3 is 0 Å². The topological polar surface area (TPSA) is 67.2 Å². The summed E-state index contributed by atoms with van der Waals surface area (Å²) >= 11 is 0. The lowest BCUT2D eigenvalue weighted by Crippen LogP contribution is -2.06. The van der Waals surface area contributed by atoms with Crippen LogP contribution in [0.4, 0.5) is 17.1 Å². The van der Waals surface area contributed by atoms with Gasteiger partial charge in [-0.25, -0.2) is 0 Å². The number of anilines is 3. The van der Waals surface area contributed by atoms with Crippen molar-refractivity contribution in [3.63, 3.8) is 0 Å². The first-order valence-electron chi connectivity index (χ1n) is 5.68. The predicted octanol–water partition coefficient (Wildman–Crippen LogP) is 1.59. The van der Waals surface area contributed by atoms with Crippen molar-refractivity contribution >= 4 is 23.0 Å². The molecule has 0 atom stereocenters. The maximum absolute atomic E-state index is 11.2. The van der Waals surface area contributed by atoms with E-state index in [1.54, 1.807) is 0 Å². The molecule has 4 nitrogen and oxygen atoms in total. The molecule has 1 saturated carbocycles. The summed E-state index contributed by atoms with van der Waals surface area (Å²) in [6.45, 7) is 0.983. The quantitative estimate of drug-likeness (QED) is 0.673. The lowest BCUT2D eigenvalue weighted by atomic mass is 10.1. The Morgan fingerprint density at radius 1 is 1.44 bits per heavy atom. The van der Waals surface area contributed by atoms with Crippen molar-refractivity contribution < 1.29 is 4.79 Å². The number of nitrogen functional groups attached to an aromatic ring is 1. The first kappa shape index (κ1) is 9.51. The molecule has 0 spiro atoms. The number of carbonyl (C=O) groups excluding carboxylic acids is 1. The van der Waals surface area contributed by atoms with Crippen molar-refractivity contribution in [1.82, 2.24) is 0 Å². The maximum atomic E-state index is 11.2. The zero-order valence-electron chi connectivity index (χ0n) is 9.05. The fourth-order valence-corrected chi connectivity index (χ4v) is 2.02. The molecule has 1 aliphatic heterocycles. The molecular formula is C12H15N3O. The molecule has 16 heavy (non-hydrogen) atoms. The smallest absolute Gasteiger partial charge is 0.228 e. The van der Waals surface area contributed by atoms with E-state index < -0.39 is 0 Å². The summed E-state index contributed by atoms with van der Waals surface area (Å²) in [6, 6.07) is 3.83. The summed E-state index contributed by atoms with van der Waals surface area (Å²) in [7, 11) is 0. The van der Waals surface area contributed by atoms with Crippen LogP contribution in [0.15, 0.2) is 12.1 Å². The Morgan fingerprint density at radius 2 is 2.25 bits per heavy atom. The van der Waals surface area contributed by atoms with Gasteiger partial charge in [0.2, 0.25) is 5.91 Å². The fraction of sp³-hybridized carbons (Fsp3) is 0.417. The van der Waals surface area contributed by atoms with Crippen LogP contribution >= 0.6 is 0 Å². The number of fused-ring (bicyclic) bond motifs is 1. The zero-order valence-corrected chi connectivity index (χ0v) is 9.05. The Labute approximate surface area is 94.2 Å². The van der Waals surface area contributed by atoms with Gasteiger partial charge in [0, 0.05) is 12.2 Å². The Balaban J connectivity index is 1.82. The van der Waals surface area contributed by atoms with Gasteiger partial charge in [-0.05, 0) is 36.5 Å². The molecule has 1 aromatic carbocycles. The first-order valence-corrected chi connectivity index (χ1v) is 5.68. The average molecular weight is 217 g/mol. The summed E-state index contributed by atoms with van der Waals surface area (Å²) in [4.78, 5) is 11.2. The number of nitrogens with one attached hydrogen (secondary N) is 2. The minimum atomic E-state index is 0.0498. The van der Waals surface area contributed by atoms with E-state index in [9.17, 15) is 4.79 Å². The highest BCUT2D eigenvalue weighted by Gasteiger charge is 2.22. The number of carbonyl (C=O) groups is 1. The number of benzene rings is 1. The molecule has 1 amide bonds. The van der Waals surface area contributed by atoms with E-state index in [0.717, 1.165) is 35.1 Å². The highest BCUT2D eigenvalue weighted by Crippen LogP contribution is 2.33. The van der Waals surface area contributed by atoms with Crippen molar-refractivity contribution in [2.24, 2.45) is 5.92 Å². The Hall–Kier alpha value is -1.71. The molecule has 1 aromatic rings. The standard InChI is InChI=1S/C12H15N3O/c13-9-3-8-4-12(16)15-10(8)5-11(9)14-6-7-1-2-7/h3,5,7,14H,1-2,4,6,13H2,(H,15,16). The molecule has 4 N–H and O–H groups in total. The molecule has 84 valence electrons. The number of rotatable bonds is 3. The van der Waals surface area contributed by atoms with E-state index in [1.807, 2.05) is 12.1 Å². The molecule has 4 heteroatoms. The minimum absolute atomic E-state index is 0.0498. The summed E-state index contributed by atoms with van der Waals surface area (Å²) < 4.78 is 0. The van der Waals surface area contributed by atoms with Crippen LogP contribution in [-0.2, 0) is 11.2 Å². The van der Waals surface area contributed by atoms with Gasteiger partial charge in [0.25, 0.3) is 0 Å². The van der Waals surface area contributed by atoms with Gasteiger partial charge in [-0.1, -0.05) is 0 Å². The van der Waals surface area contributed by atoms with E-state index >= 15 is 0 Å². The van der Waals surface area contributed by atoms with Gasteiger partial charge in [-0.15, -0.1) is 0 Å². The molecule has 1 fully saturated rings. The number of hydrogen-bond acceptors (Lipinski definition) is 3. The minimum Gasteiger partial charge on any atom is -0.397 e. The first-order chi connectivity index (χ1) is 7.72. The second-order valence-corrected chi connectivity index (χ2v) is 4.65. The van der Waals surface area contributed by atoms with E-state index in [0.29, 0.717) is 6.42 Å². The van der Waals surface area contributed by atoms with E-state index in [4.69, 9.17) is 5.73 Å². The van der Waals surface area contributed by atoms with Gasteiger partial charge in [0.15, 0.2) is 0 Å². The summed E-state index contributed by atoms with van der Waals surface area (Å²) in [5.74, 6) is 0.857. The molecule has 1 heterocycles. The van der Waals surface area contributed by atoms with Crippen LogP contribution in [0, 0.1) is 5.92 Å². The van der Waals surface area contributed by atoms with Crippen molar-refractivity contribution in [3.8, 4) is 0 Å². The molecule has 3 rings (SSSR count). The van der Waals surface area contributed by atoms with E-state index in [-0.39, 0.29) is 5.91 Å². The second kappa shape index (κ2) is 3.40. The molecule has 1 aliphatic carbocycles. The third kappa shape index (κ3) is 1.71. The molecular weight excluding hydrogens is 202 g/mol. The van der Waals surface area contributed by atoms with Crippen LogP contribution < -0.4 is 16.4 Å². The van der Waals surface area contributed by atoms with Crippen molar-refractivity contribution in [3.05, 3.63) is 17.7 Å². The number of nitrogens with two attached hydrogens (primary N) is 1. The van der Waals surface area contributed by atoms with Crippen LogP contribution in [0.25, 0.3) is 0 Å². The van der Waals surface area contributed by atoms with Crippen LogP contribution in [0.1, 0.15) is 18.4 Å². The SMILES string of the molecule is Nc1cc2c(cc1NCC1CC1)NC(=O)C2. The van der Waals surface area contributed by atoms with Crippen molar-refractivity contribution in [2.75, 3.05) is 22.9 Å². The number of amides is 1. The molecule has 0 radical (unpaired) electrons. The maximum Gasteiger partial charge on any atom is 0.228 e. The fourth-order valence-electron chi connectivity index (χ4n) is 2.02. The Bertz CT molecular complexity index is 452. The lowest BCUT2D eigenvalue weighted by molar-refractivity contribution is -0.115. The third-order valence-corrected chi connectivity index (χ3v) is 3.18. The molecule has 0 unspecified atom stereocenters. The molecule has 0 saturated heterocycles. The van der Waals surface area contributed by atoms with E-state index in [2.05, 4.69) is 10.6 Å². The Morgan fingerprint density at radius 3 is 3.00 bits per heavy atom. The van der Waals surface area contributed by atoms with E-state index in [1.165, 1.54) is 12.8 Å². The molecule has 0 aromatic heterocycles. The second-order valence-electron chi connectivity index (χ2n) is 4.65. The third-order valence-electron chi connectivity index (χ3n) is 3.18. The van der Waals surface area contributed by atoms with Crippen LogP contribution in [0.3, 0.4) is 0 Å². The summed E-state index contributed by atoms with van der Waals surface area (Å²) in [5.41, 5.74) is 9.51. The van der Waals surface area contributed by atoms with Gasteiger partial charge < -0.3 is 16.4 Å². The van der Waals surface area contributed by atoms with Gasteiger partial charge in [0.1, 0.15) is 0 Å². The van der Waals surface area contributed by atoms with Gasteiger partial charge in [-0.2, -0.15) is 0 Å². The van der Waals surface area contributed by atoms with Crippen LogP contribution in [0.5, 0.6) is 0 Å². The summed E-state index contributed by atoms with van der Waals surface area (Å²) in [6.07, 6.45) is 3.08. The van der Waals surface area contributed by atoms with Crippen LogP contribution in [-0.4, -0.2) is 12.5 Å². The lowest BCUT2D eigenvalue weighted by Gasteiger charge is -2.10. The van der Waals surface area contributed by atoms with Gasteiger partial charge in [-0.3, -0.25) is 4.79 Å². The highest BCUT2D eigenvalue weighted by atomic mass is 16.1. The highest BCUT2D eigenvalue weighted by molar-refractivity contribution is 6.00. The molecule has 2 aliphatic rings. The van der Waals surface area contributed by atoms with Crippen LogP contribution in [0.2, 0.25) is 0 Å². The van der Waals surface area contributed by atoms with Gasteiger partial charge in [0.05, 0.1) is 17.8 Å². The van der Waals surface area contributed by atoms with Crippen molar-refractivity contribution in [2.45, 2.75) is 19.3 Å². The zero-order chi connectivity index (χ0) is 11.1. The largest absolute Gasteiger partial charge is 0.397 e. The monoisotopic (exact) mass is 217 g/mol. The molecule has 0 bridgehead atoms. The normalized spacial score (nSPS) is 18.1. The summed E-state index contributed by atoms with van der Waals surface area (Å²) in [5, 5.41) is 6.18.